The van der Waals surface area contributed by atoms with E-state index in [1.165, 1.54) is 0 Å². The molecule has 1 aliphatic heterocycles. The van der Waals surface area contributed by atoms with E-state index in [1.54, 1.807) is 35.2 Å². The van der Waals surface area contributed by atoms with Crippen molar-refractivity contribution in [3.05, 3.63) is 48.3 Å². The Hall–Kier alpha value is -2.38. The number of aliphatic hydroxyl groups is 1. The van der Waals surface area contributed by atoms with Crippen LogP contribution in [0.4, 0.5) is 0 Å². The zero-order chi connectivity index (χ0) is 18.6. The molecule has 2 heterocycles. The number of ether oxygens (including phenoxy) is 1. The van der Waals surface area contributed by atoms with Gasteiger partial charge < -0.3 is 14.7 Å². The van der Waals surface area contributed by atoms with E-state index in [0.29, 0.717) is 26.1 Å². The highest BCUT2D eigenvalue weighted by Crippen LogP contribution is 2.23. The molecule has 140 valence electrons. The van der Waals surface area contributed by atoms with E-state index >= 15 is 0 Å². The quantitative estimate of drug-likeness (QED) is 0.799. The molecule has 3 rings (SSSR count). The summed E-state index contributed by atoms with van der Waals surface area (Å²) in [6, 6.07) is 9.70. The van der Waals surface area contributed by atoms with Gasteiger partial charge in [-0.25, -0.2) is 0 Å². The summed E-state index contributed by atoms with van der Waals surface area (Å²) >= 11 is 0. The van der Waals surface area contributed by atoms with E-state index in [1.807, 2.05) is 31.3 Å². The van der Waals surface area contributed by atoms with Crippen molar-refractivity contribution in [1.29, 1.82) is 0 Å². The van der Waals surface area contributed by atoms with E-state index in [0.717, 1.165) is 17.9 Å². The van der Waals surface area contributed by atoms with Crippen LogP contribution in [0, 0.1) is 0 Å². The van der Waals surface area contributed by atoms with Crippen LogP contribution in [-0.2, 0) is 17.9 Å². The van der Waals surface area contributed by atoms with Crippen molar-refractivity contribution in [2.24, 2.45) is 0 Å². The van der Waals surface area contributed by atoms with Gasteiger partial charge >= 0.3 is 0 Å². The molecule has 7 nitrogen and oxygen atoms in total. The fourth-order valence-electron chi connectivity index (χ4n) is 3.43. The standard InChI is InChI=1S/C19H26N4O3/c1-21(12-16-4-6-17(26-2)7-5-16)14-19(25)8-11-22(15-19)18(24)13-23-10-3-9-20-23/h3-7,9-10,25H,8,11-15H2,1-2H3. The minimum Gasteiger partial charge on any atom is -0.497 e. The largest absolute Gasteiger partial charge is 0.497 e. The molecule has 1 aromatic heterocycles. The van der Waals surface area contributed by atoms with Crippen LogP contribution in [0.25, 0.3) is 0 Å². The average Bonchev–Trinajstić information content (AvgIpc) is 3.25. The first-order valence-electron chi connectivity index (χ1n) is 8.76. The van der Waals surface area contributed by atoms with E-state index in [-0.39, 0.29) is 12.5 Å². The highest BCUT2D eigenvalue weighted by atomic mass is 16.5. The maximum atomic E-state index is 12.4. The Balaban J connectivity index is 1.51. The molecule has 1 atom stereocenters. The van der Waals surface area contributed by atoms with Gasteiger partial charge in [0.25, 0.3) is 0 Å². The summed E-state index contributed by atoms with van der Waals surface area (Å²) < 4.78 is 6.78. The molecule has 0 radical (unpaired) electrons. The number of aromatic nitrogens is 2. The van der Waals surface area contributed by atoms with Crippen molar-refractivity contribution in [1.82, 2.24) is 19.6 Å². The van der Waals surface area contributed by atoms with Crippen LogP contribution in [0.2, 0.25) is 0 Å². The Bertz CT molecular complexity index is 717. The number of carbonyl (C=O) groups excluding carboxylic acids is 1. The number of methoxy groups -OCH3 is 1. The van der Waals surface area contributed by atoms with Crippen molar-refractivity contribution < 1.29 is 14.6 Å². The zero-order valence-corrected chi connectivity index (χ0v) is 15.3. The van der Waals surface area contributed by atoms with E-state index in [9.17, 15) is 9.90 Å². The molecule has 26 heavy (non-hydrogen) atoms. The molecule has 2 aromatic rings. The number of amides is 1. The Morgan fingerprint density at radius 2 is 2.15 bits per heavy atom. The van der Waals surface area contributed by atoms with Crippen LogP contribution in [-0.4, -0.2) is 70.0 Å². The number of rotatable bonds is 7. The summed E-state index contributed by atoms with van der Waals surface area (Å²) in [6.45, 7) is 2.40. The van der Waals surface area contributed by atoms with E-state index in [2.05, 4.69) is 10.00 Å². The minimum absolute atomic E-state index is 0.0116. The van der Waals surface area contributed by atoms with E-state index < -0.39 is 5.60 Å². The molecule has 7 heteroatoms. The molecule has 0 bridgehead atoms. The maximum absolute atomic E-state index is 12.4. The number of benzene rings is 1. The van der Waals surface area contributed by atoms with Gasteiger partial charge in [-0.15, -0.1) is 0 Å². The molecule has 1 N–H and O–H groups in total. The highest BCUT2D eigenvalue weighted by Gasteiger charge is 2.38. The Kier molecular flexibility index (Phi) is 5.58. The van der Waals surface area contributed by atoms with Gasteiger partial charge in [-0.2, -0.15) is 5.10 Å². The number of carbonyl (C=O) groups is 1. The van der Waals surface area contributed by atoms with E-state index in [4.69, 9.17) is 4.74 Å². The Labute approximate surface area is 153 Å². The molecule has 1 fully saturated rings. The molecule has 1 unspecified atom stereocenters. The summed E-state index contributed by atoms with van der Waals surface area (Å²) in [5.74, 6) is 0.819. The van der Waals surface area contributed by atoms with Crippen molar-refractivity contribution in [2.75, 3.05) is 33.8 Å². The normalized spacial score (nSPS) is 19.9. The maximum Gasteiger partial charge on any atom is 0.244 e. The molecule has 1 aliphatic rings. The molecular weight excluding hydrogens is 332 g/mol. The Morgan fingerprint density at radius 3 is 2.81 bits per heavy atom. The first-order chi connectivity index (χ1) is 12.5. The predicted molar refractivity (Wildman–Crippen MR) is 97.7 cm³/mol. The third kappa shape index (κ3) is 4.62. The molecule has 0 saturated carbocycles. The lowest BCUT2D eigenvalue weighted by Crippen LogP contribution is -2.44. The van der Waals surface area contributed by atoms with Gasteiger partial charge in [-0.1, -0.05) is 12.1 Å². The predicted octanol–water partition coefficient (Wildman–Crippen LogP) is 0.987. The second-order valence-corrected chi connectivity index (χ2v) is 7.01. The smallest absolute Gasteiger partial charge is 0.244 e. The summed E-state index contributed by atoms with van der Waals surface area (Å²) in [5, 5.41) is 15.0. The lowest BCUT2D eigenvalue weighted by molar-refractivity contribution is -0.132. The van der Waals surface area contributed by atoms with Crippen LogP contribution in [0.5, 0.6) is 5.75 Å². The van der Waals surface area contributed by atoms with Crippen molar-refractivity contribution >= 4 is 5.91 Å². The molecule has 1 amide bonds. The van der Waals surface area contributed by atoms with Gasteiger partial charge in [0.2, 0.25) is 5.91 Å². The molecule has 1 aromatic carbocycles. The number of nitrogens with zero attached hydrogens (tertiary/aromatic N) is 4. The summed E-state index contributed by atoms with van der Waals surface area (Å²) in [6.07, 6.45) is 4.01. The lowest BCUT2D eigenvalue weighted by atomic mass is 10.0. The lowest BCUT2D eigenvalue weighted by Gasteiger charge is -2.29. The summed E-state index contributed by atoms with van der Waals surface area (Å²) in [4.78, 5) is 16.2. The second-order valence-electron chi connectivity index (χ2n) is 7.01. The minimum atomic E-state index is -0.874. The monoisotopic (exact) mass is 358 g/mol. The number of β-amino-alcohol motifs (C(OH)–C–C–N with tert-alkyl or cyclic N) is 1. The molecular formula is C19H26N4O3. The van der Waals surface area contributed by atoms with Crippen molar-refractivity contribution in [3.8, 4) is 5.75 Å². The Morgan fingerprint density at radius 1 is 1.38 bits per heavy atom. The fourth-order valence-corrected chi connectivity index (χ4v) is 3.43. The first kappa shape index (κ1) is 18.4. The van der Waals surface area contributed by atoms with Crippen LogP contribution in [0.15, 0.2) is 42.7 Å². The molecule has 0 aliphatic carbocycles. The summed E-state index contributed by atoms with van der Waals surface area (Å²) in [7, 11) is 3.63. The molecule has 0 spiro atoms. The van der Waals surface area contributed by atoms with Crippen molar-refractivity contribution in [2.45, 2.75) is 25.1 Å². The summed E-state index contributed by atoms with van der Waals surface area (Å²) in [5.41, 5.74) is 0.280. The number of hydrogen-bond acceptors (Lipinski definition) is 5. The topological polar surface area (TPSA) is 70.8 Å². The van der Waals surface area contributed by atoms with Gasteiger partial charge in [0.15, 0.2) is 0 Å². The number of likely N-dealkylation sites (tertiary alicyclic amines) is 1. The van der Waals surface area contributed by atoms with Crippen LogP contribution >= 0.6 is 0 Å². The van der Waals surface area contributed by atoms with Gasteiger partial charge in [-0.3, -0.25) is 14.4 Å². The van der Waals surface area contributed by atoms with Gasteiger partial charge in [-0.05, 0) is 37.2 Å². The van der Waals surface area contributed by atoms with Crippen LogP contribution < -0.4 is 4.74 Å². The number of hydrogen-bond donors (Lipinski definition) is 1. The van der Waals surface area contributed by atoms with Crippen molar-refractivity contribution in [3.63, 3.8) is 0 Å². The van der Waals surface area contributed by atoms with Crippen LogP contribution in [0.1, 0.15) is 12.0 Å². The van der Waals surface area contributed by atoms with Gasteiger partial charge in [0.1, 0.15) is 12.3 Å². The second kappa shape index (κ2) is 7.88. The fraction of sp³-hybridized carbons (Fsp3) is 0.474. The zero-order valence-electron chi connectivity index (χ0n) is 15.3. The molecule has 1 saturated heterocycles. The third-order valence-electron chi connectivity index (χ3n) is 4.72. The SMILES string of the molecule is COc1ccc(CN(C)CC2(O)CCN(C(=O)Cn3cccn3)C2)cc1. The number of likely N-dealkylation sites (N-methyl/N-ethyl adjacent to an activating group) is 1. The van der Waals surface area contributed by atoms with Gasteiger partial charge in [0.05, 0.1) is 19.3 Å². The van der Waals surface area contributed by atoms with Gasteiger partial charge in [0, 0.05) is 32.0 Å². The highest BCUT2D eigenvalue weighted by molar-refractivity contribution is 5.76. The third-order valence-corrected chi connectivity index (χ3v) is 4.72. The average molecular weight is 358 g/mol. The van der Waals surface area contributed by atoms with Crippen LogP contribution in [0.3, 0.4) is 0 Å². The first-order valence-corrected chi connectivity index (χ1v) is 8.76.